The third-order valence-corrected chi connectivity index (χ3v) is 3.23. The topological polar surface area (TPSA) is 81.0 Å². The number of rotatable bonds is 4. The molecule has 0 radical (unpaired) electrons. The lowest BCUT2D eigenvalue weighted by atomic mass is 10.4. The monoisotopic (exact) mass is 284 g/mol. The summed E-state index contributed by atoms with van der Waals surface area (Å²) in [5.74, 6) is 0.192. The predicted octanol–water partition coefficient (Wildman–Crippen LogP) is 3.02. The Kier molecular flexibility index (Phi) is 3.73. The van der Waals surface area contributed by atoms with Crippen molar-refractivity contribution in [2.24, 2.45) is 0 Å². The van der Waals surface area contributed by atoms with Gasteiger partial charge in [-0.15, -0.1) is 11.3 Å². The fourth-order valence-electron chi connectivity index (χ4n) is 1.35. The van der Waals surface area contributed by atoms with Gasteiger partial charge in [-0.25, -0.2) is 9.97 Å². The van der Waals surface area contributed by atoms with Crippen LogP contribution in [-0.4, -0.2) is 14.9 Å². The summed E-state index contributed by atoms with van der Waals surface area (Å²) in [6.07, 6.45) is 3.12. The van der Waals surface area contributed by atoms with E-state index in [4.69, 9.17) is 11.6 Å². The minimum absolute atomic E-state index is 0.143. The maximum absolute atomic E-state index is 10.8. The van der Waals surface area contributed by atoms with Crippen molar-refractivity contribution in [1.29, 1.82) is 0 Å². The number of nitrogens with zero attached hydrogens (tertiary/aromatic N) is 3. The lowest BCUT2D eigenvalue weighted by Gasteiger charge is -2.04. The molecule has 8 heteroatoms. The lowest BCUT2D eigenvalue weighted by Crippen LogP contribution is -2.04. The molecule has 0 atom stereocenters. The van der Waals surface area contributed by atoms with Crippen LogP contribution < -0.4 is 5.32 Å². The van der Waals surface area contributed by atoms with Gasteiger partial charge in [0.2, 0.25) is 5.82 Å². The Morgan fingerprint density at radius 3 is 2.89 bits per heavy atom. The molecule has 0 aliphatic carbocycles. The SMILES string of the molecule is Cc1cnc(CNc2ncc(Cl)cc2[N+](=O)[O-])s1. The fourth-order valence-corrected chi connectivity index (χ4v) is 2.23. The minimum Gasteiger partial charge on any atom is -0.358 e. The normalized spacial score (nSPS) is 10.3. The molecule has 0 aromatic carbocycles. The van der Waals surface area contributed by atoms with E-state index >= 15 is 0 Å². The van der Waals surface area contributed by atoms with E-state index in [9.17, 15) is 10.1 Å². The van der Waals surface area contributed by atoms with Gasteiger partial charge in [-0.2, -0.15) is 0 Å². The summed E-state index contributed by atoms with van der Waals surface area (Å²) in [6.45, 7) is 2.35. The Bertz CT molecular complexity index is 587. The number of aromatic nitrogens is 2. The van der Waals surface area contributed by atoms with Crippen molar-refractivity contribution in [3.63, 3.8) is 0 Å². The Balaban J connectivity index is 2.16. The molecule has 2 rings (SSSR count). The van der Waals surface area contributed by atoms with E-state index in [0.717, 1.165) is 9.88 Å². The van der Waals surface area contributed by atoms with Gasteiger partial charge in [-0.1, -0.05) is 11.6 Å². The molecule has 0 spiro atoms. The first kappa shape index (κ1) is 12.7. The van der Waals surface area contributed by atoms with E-state index in [1.54, 1.807) is 6.20 Å². The van der Waals surface area contributed by atoms with Crippen LogP contribution in [0.5, 0.6) is 0 Å². The summed E-state index contributed by atoms with van der Waals surface area (Å²) in [5.41, 5.74) is -0.143. The number of halogens is 1. The Morgan fingerprint density at radius 2 is 2.28 bits per heavy atom. The second kappa shape index (κ2) is 5.28. The number of nitro groups is 1. The van der Waals surface area contributed by atoms with Crippen molar-refractivity contribution in [1.82, 2.24) is 9.97 Å². The summed E-state index contributed by atoms with van der Waals surface area (Å²) in [6, 6.07) is 1.27. The molecule has 0 amide bonds. The van der Waals surface area contributed by atoms with Crippen LogP contribution in [0, 0.1) is 17.0 Å². The van der Waals surface area contributed by atoms with Crippen LogP contribution in [0.3, 0.4) is 0 Å². The van der Waals surface area contributed by atoms with Crippen LogP contribution in [0.4, 0.5) is 11.5 Å². The largest absolute Gasteiger partial charge is 0.358 e. The summed E-state index contributed by atoms with van der Waals surface area (Å²) in [4.78, 5) is 19.5. The van der Waals surface area contributed by atoms with Crippen LogP contribution in [0.15, 0.2) is 18.5 Å². The minimum atomic E-state index is -0.520. The van der Waals surface area contributed by atoms with E-state index in [2.05, 4.69) is 15.3 Å². The molecular formula is C10H9ClN4O2S. The average molecular weight is 285 g/mol. The Hall–Kier alpha value is -1.73. The summed E-state index contributed by atoms with van der Waals surface area (Å²) in [5, 5.41) is 14.8. The third kappa shape index (κ3) is 2.93. The zero-order valence-electron chi connectivity index (χ0n) is 9.38. The maximum Gasteiger partial charge on any atom is 0.312 e. The molecule has 2 heterocycles. The van der Waals surface area contributed by atoms with Crippen LogP contribution in [-0.2, 0) is 6.54 Å². The van der Waals surface area contributed by atoms with Crippen LogP contribution >= 0.6 is 22.9 Å². The number of thiazole rings is 1. The predicted molar refractivity (Wildman–Crippen MR) is 70.1 cm³/mol. The number of pyridine rings is 1. The zero-order valence-corrected chi connectivity index (χ0v) is 11.0. The number of anilines is 1. The van der Waals surface area contributed by atoms with Gasteiger partial charge in [0.05, 0.1) is 16.5 Å². The van der Waals surface area contributed by atoms with Crippen molar-refractivity contribution in [2.75, 3.05) is 5.32 Å². The third-order valence-electron chi connectivity index (χ3n) is 2.11. The van der Waals surface area contributed by atoms with E-state index in [1.165, 1.54) is 23.6 Å². The second-order valence-corrected chi connectivity index (χ2v) is 5.25. The van der Waals surface area contributed by atoms with Gasteiger partial charge in [-0.3, -0.25) is 10.1 Å². The van der Waals surface area contributed by atoms with Crippen molar-refractivity contribution in [3.05, 3.63) is 43.5 Å². The molecule has 94 valence electrons. The molecule has 0 saturated heterocycles. The van der Waals surface area contributed by atoms with E-state index in [0.29, 0.717) is 6.54 Å². The highest BCUT2D eigenvalue weighted by Crippen LogP contribution is 2.25. The Morgan fingerprint density at radius 1 is 1.50 bits per heavy atom. The molecular weight excluding hydrogens is 276 g/mol. The first-order valence-electron chi connectivity index (χ1n) is 5.01. The van der Waals surface area contributed by atoms with Gasteiger partial charge in [0.1, 0.15) is 5.01 Å². The highest BCUT2D eigenvalue weighted by Gasteiger charge is 2.15. The number of hydrogen-bond donors (Lipinski definition) is 1. The summed E-state index contributed by atoms with van der Waals surface area (Å²) in [7, 11) is 0. The van der Waals surface area contributed by atoms with Crippen molar-refractivity contribution < 1.29 is 4.92 Å². The number of hydrogen-bond acceptors (Lipinski definition) is 6. The molecule has 0 aliphatic heterocycles. The number of aryl methyl sites for hydroxylation is 1. The molecule has 1 N–H and O–H groups in total. The zero-order chi connectivity index (χ0) is 13.1. The van der Waals surface area contributed by atoms with Gasteiger partial charge >= 0.3 is 5.69 Å². The van der Waals surface area contributed by atoms with E-state index in [-0.39, 0.29) is 16.5 Å². The first-order chi connectivity index (χ1) is 8.56. The fraction of sp³-hybridized carbons (Fsp3) is 0.200. The molecule has 18 heavy (non-hydrogen) atoms. The second-order valence-electron chi connectivity index (χ2n) is 3.50. The summed E-state index contributed by atoms with van der Waals surface area (Å²) >= 11 is 7.20. The quantitative estimate of drug-likeness (QED) is 0.689. The van der Waals surface area contributed by atoms with Gasteiger partial charge in [0, 0.05) is 23.3 Å². The first-order valence-corrected chi connectivity index (χ1v) is 6.21. The lowest BCUT2D eigenvalue weighted by molar-refractivity contribution is -0.384. The van der Waals surface area contributed by atoms with E-state index in [1.807, 2.05) is 6.92 Å². The molecule has 0 fully saturated rings. The Labute approximate surface area is 112 Å². The molecule has 0 unspecified atom stereocenters. The van der Waals surface area contributed by atoms with Gasteiger partial charge < -0.3 is 5.32 Å². The van der Waals surface area contributed by atoms with Gasteiger partial charge in [0.25, 0.3) is 0 Å². The maximum atomic E-state index is 10.8. The smallest absolute Gasteiger partial charge is 0.312 e. The molecule has 2 aromatic rings. The van der Waals surface area contributed by atoms with E-state index < -0.39 is 4.92 Å². The van der Waals surface area contributed by atoms with Crippen molar-refractivity contribution in [3.8, 4) is 0 Å². The average Bonchev–Trinajstić information content (AvgIpc) is 2.73. The van der Waals surface area contributed by atoms with Crippen molar-refractivity contribution >= 4 is 34.4 Å². The molecule has 6 nitrogen and oxygen atoms in total. The van der Waals surface area contributed by atoms with Gasteiger partial charge in [0.15, 0.2) is 0 Å². The highest BCUT2D eigenvalue weighted by molar-refractivity contribution is 7.11. The molecule has 2 aromatic heterocycles. The molecule has 0 saturated carbocycles. The number of nitrogens with one attached hydrogen (secondary N) is 1. The molecule has 0 bridgehead atoms. The van der Waals surface area contributed by atoms with Crippen LogP contribution in [0.2, 0.25) is 5.02 Å². The highest BCUT2D eigenvalue weighted by atomic mass is 35.5. The van der Waals surface area contributed by atoms with Crippen LogP contribution in [0.25, 0.3) is 0 Å². The van der Waals surface area contributed by atoms with Crippen molar-refractivity contribution in [2.45, 2.75) is 13.5 Å². The standard InChI is InChI=1S/C10H9ClN4O2S/c1-6-3-12-9(18-6)5-14-10-8(15(16)17)2-7(11)4-13-10/h2-4H,5H2,1H3,(H,13,14). The van der Waals surface area contributed by atoms with Gasteiger partial charge in [-0.05, 0) is 6.92 Å². The van der Waals surface area contributed by atoms with Crippen LogP contribution in [0.1, 0.15) is 9.88 Å². The summed E-state index contributed by atoms with van der Waals surface area (Å²) < 4.78 is 0. The molecule has 0 aliphatic rings.